The van der Waals surface area contributed by atoms with Gasteiger partial charge >= 0.3 is 0 Å². The van der Waals surface area contributed by atoms with Gasteiger partial charge in [-0.15, -0.1) is 11.3 Å². The summed E-state index contributed by atoms with van der Waals surface area (Å²) in [6.45, 7) is 4.11. The lowest BCUT2D eigenvalue weighted by Crippen LogP contribution is -2.33. The molecule has 0 saturated heterocycles. The smallest absolute Gasteiger partial charge is 0.270 e. The summed E-state index contributed by atoms with van der Waals surface area (Å²) in [6, 6.07) is 0.341. The zero-order chi connectivity index (χ0) is 12.3. The predicted molar refractivity (Wildman–Crippen MR) is 73.9 cm³/mol. The van der Waals surface area contributed by atoms with Crippen molar-refractivity contribution in [1.82, 2.24) is 10.3 Å². The normalized spacial score (nSPS) is 23.9. The fourth-order valence-electron chi connectivity index (χ4n) is 2.19. The second-order valence-corrected chi connectivity index (χ2v) is 6.95. The summed E-state index contributed by atoms with van der Waals surface area (Å²) < 4.78 is 0. The molecule has 2 atom stereocenters. The van der Waals surface area contributed by atoms with E-state index in [1.165, 1.54) is 17.8 Å². The highest BCUT2D eigenvalue weighted by Crippen LogP contribution is 2.29. The topological polar surface area (TPSA) is 42.0 Å². The molecule has 1 aliphatic rings. The maximum Gasteiger partial charge on any atom is 0.270 e. The summed E-state index contributed by atoms with van der Waals surface area (Å²) in [5.74, 6) is 1.15. The molecular formula is C12H18N2OS2. The van der Waals surface area contributed by atoms with Crippen LogP contribution in [0.25, 0.3) is 0 Å². The Kier molecular flexibility index (Phi) is 4.45. The third kappa shape index (κ3) is 3.45. The zero-order valence-corrected chi connectivity index (χ0v) is 11.9. The van der Waals surface area contributed by atoms with Crippen LogP contribution in [0.5, 0.6) is 0 Å². The Hall–Kier alpha value is -0.550. The van der Waals surface area contributed by atoms with E-state index in [9.17, 15) is 4.79 Å². The molecule has 1 fully saturated rings. The largest absolute Gasteiger partial charge is 0.348 e. The third-order valence-electron chi connectivity index (χ3n) is 2.97. The molecule has 1 aliphatic carbocycles. The van der Waals surface area contributed by atoms with Gasteiger partial charge in [-0.2, -0.15) is 11.8 Å². The van der Waals surface area contributed by atoms with Crippen LogP contribution < -0.4 is 5.32 Å². The van der Waals surface area contributed by atoms with Crippen LogP contribution in [-0.4, -0.2) is 27.9 Å². The molecule has 0 radical (unpaired) electrons. The molecule has 2 rings (SSSR count). The number of thiazole rings is 1. The van der Waals surface area contributed by atoms with Crippen LogP contribution in [0.4, 0.5) is 0 Å². The number of hydrogen-bond acceptors (Lipinski definition) is 4. The first-order valence-corrected chi connectivity index (χ1v) is 7.96. The Morgan fingerprint density at radius 2 is 2.47 bits per heavy atom. The highest BCUT2D eigenvalue weighted by Gasteiger charge is 2.26. The summed E-state index contributed by atoms with van der Waals surface area (Å²) in [6.07, 6.45) is 3.43. The number of amides is 1. The highest BCUT2D eigenvalue weighted by molar-refractivity contribution is 7.99. The second kappa shape index (κ2) is 5.87. The number of carbonyl (C=O) groups is 1. The van der Waals surface area contributed by atoms with E-state index in [4.69, 9.17) is 0 Å². The van der Waals surface area contributed by atoms with Crippen LogP contribution in [0.15, 0.2) is 5.38 Å². The number of nitrogens with one attached hydrogen (secondary N) is 1. The second-order valence-electron chi connectivity index (χ2n) is 4.31. The third-order valence-corrected chi connectivity index (χ3v) is 4.98. The molecule has 1 saturated carbocycles. The maximum atomic E-state index is 11.9. The lowest BCUT2D eigenvalue weighted by Gasteiger charge is -2.11. The lowest BCUT2D eigenvalue weighted by molar-refractivity contribution is 0.0933. The molecule has 0 aliphatic heterocycles. The fraction of sp³-hybridized carbons (Fsp3) is 0.667. The maximum absolute atomic E-state index is 11.9. The lowest BCUT2D eigenvalue weighted by atomic mass is 10.2. The predicted octanol–water partition coefficient (Wildman–Crippen LogP) is 2.86. The average Bonchev–Trinajstić information content (AvgIpc) is 2.88. The first kappa shape index (κ1) is 12.9. The van der Waals surface area contributed by atoms with Crippen molar-refractivity contribution in [2.45, 2.75) is 44.4 Å². The summed E-state index contributed by atoms with van der Waals surface area (Å²) in [5, 5.41) is 6.59. The summed E-state index contributed by atoms with van der Waals surface area (Å²) in [4.78, 5) is 16.1. The Balaban J connectivity index is 1.84. The van der Waals surface area contributed by atoms with Crippen LogP contribution >= 0.6 is 23.1 Å². The van der Waals surface area contributed by atoms with Crippen molar-refractivity contribution in [2.75, 3.05) is 5.75 Å². The summed E-state index contributed by atoms with van der Waals surface area (Å²) in [7, 11) is 0. The number of hydrogen-bond donors (Lipinski definition) is 1. The van der Waals surface area contributed by atoms with Crippen molar-refractivity contribution in [3.05, 3.63) is 16.1 Å². The van der Waals surface area contributed by atoms with Gasteiger partial charge < -0.3 is 5.32 Å². The minimum Gasteiger partial charge on any atom is -0.348 e. The molecule has 0 aromatic carbocycles. The fourth-order valence-corrected chi connectivity index (χ4v) is 3.92. The van der Waals surface area contributed by atoms with Gasteiger partial charge in [0.15, 0.2) is 0 Å². The molecule has 1 N–H and O–H groups in total. The van der Waals surface area contributed by atoms with Crippen LogP contribution in [-0.2, 0) is 0 Å². The standard InChI is InChI=1S/C12H18N2OS2/c1-3-16-10-5-4-9(6-10)14-12(15)11-7-17-8(2)13-11/h7,9-10H,3-6H2,1-2H3,(H,14,15)/t9-,10+/m1/s1. The Morgan fingerprint density at radius 3 is 3.12 bits per heavy atom. The first-order valence-electron chi connectivity index (χ1n) is 6.03. The molecule has 94 valence electrons. The van der Waals surface area contributed by atoms with Crippen molar-refractivity contribution in [3.63, 3.8) is 0 Å². The van der Waals surface area contributed by atoms with Crippen molar-refractivity contribution < 1.29 is 4.79 Å². The molecular weight excluding hydrogens is 252 g/mol. The number of thioether (sulfide) groups is 1. The quantitative estimate of drug-likeness (QED) is 0.914. The van der Waals surface area contributed by atoms with Gasteiger partial charge in [-0.3, -0.25) is 4.79 Å². The number of aromatic nitrogens is 1. The van der Waals surface area contributed by atoms with E-state index >= 15 is 0 Å². The van der Waals surface area contributed by atoms with Gasteiger partial charge in [-0.05, 0) is 31.9 Å². The molecule has 1 aromatic rings. The molecule has 0 spiro atoms. The van der Waals surface area contributed by atoms with Gasteiger partial charge in [0.25, 0.3) is 5.91 Å². The van der Waals surface area contributed by atoms with Crippen LogP contribution in [0.1, 0.15) is 41.7 Å². The van der Waals surface area contributed by atoms with Gasteiger partial charge in [-0.25, -0.2) is 4.98 Å². The van der Waals surface area contributed by atoms with E-state index in [0.29, 0.717) is 11.7 Å². The van der Waals surface area contributed by atoms with Crippen LogP contribution in [0, 0.1) is 6.92 Å². The van der Waals surface area contributed by atoms with E-state index in [2.05, 4.69) is 17.2 Å². The van der Waals surface area contributed by atoms with Gasteiger partial charge in [0.05, 0.1) is 5.01 Å². The molecule has 3 nitrogen and oxygen atoms in total. The molecule has 1 heterocycles. The molecule has 0 bridgehead atoms. The van der Waals surface area contributed by atoms with Gasteiger partial charge in [-0.1, -0.05) is 6.92 Å². The molecule has 5 heteroatoms. The van der Waals surface area contributed by atoms with Gasteiger partial charge in [0, 0.05) is 16.7 Å². The van der Waals surface area contributed by atoms with Gasteiger partial charge in [0.2, 0.25) is 0 Å². The van der Waals surface area contributed by atoms with Gasteiger partial charge in [0.1, 0.15) is 5.69 Å². The Morgan fingerprint density at radius 1 is 1.65 bits per heavy atom. The minimum absolute atomic E-state index is 0.0125. The Labute approximate surface area is 110 Å². The number of nitrogens with zero attached hydrogens (tertiary/aromatic N) is 1. The monoisotopic (exact) mass is 270 g/mol. The molecule has 0 unspecified atom stereocenters. The number of rotatable bonds is 4. The van der Waals surface area contributed by atoms with Crippen molar-refractivity contribution in [1.29, 1.82) is 0 Å². The van der Waals surface area contributed by atoms with Crippen LogP contribution in [0.3, 0.4) is 0 Å². The number of aryl methyl sites for hydroxylation is 1. The van der Waals surface area contributed by atoms with E-state index in [0.717, 1.165) is 28.9 Å². The SMILES string of the molecule is CCS[C@H]1CC[C@@H](NC(=O)c2csc(C)n2)C1. The zero-order valence-electron chi connectivity index (χ0n) is 10.2. The van der Waals surface area contributed by atoms with Crippen molar-refractivity contribution in [3.8, 4) is 0 Å². The summed E-state index contributed by atoms with van der Waals surface area (Å²) >= 11 is 3.53. The Bertz CT molecular complexity index is 392. The minimum atomic E-state index is -0.0125. The van der Waals surface area contributed by atoms with E-state index in [-0.39, 0.29) is 5.91 Å². The summed E-state index contributed by atoms with van der Waals surface area (Å²) in [5.41, 5.74) is 0.569. The number of carbonyl (C=O) groups excluding carboxylic acids is 1. The van der Waals surface area contributed by atoms with E-state index < -0.39 is 0 Å². The van der Waals surface area contributed by atoms with Crippen molar-refractivity contribution >= 4 is 29.0 Å². The van der Waals surface area contributed by atoms with Crippen LogP contribution in [0.2, 0.25) is 0 Å². The molecule has 1 aromatic heterocycles. The van der Waals surface area contributed by atoms with E-state index in [1.54, 1.807) is 0 Å². The van der Waals surface area contributed by atoms with E-state index in [1.807, 2.05) is 24.1 Å². The highest BCUT2D eigenvalue weighted by atomic mass is 32.2. The molecule has 1 amide bonds. The molecule has 17 heavy (non-hydrogen) atoms. The first-order chi connectivity index (χ1) is 8.19. The van der Waals surface area contributed by atoms with Crippen molar-refractivity contribution in [2.24, 2.45) is 0 Å². The average molecular weight is 270 g/mol.